The lowest BCUT2D eigenvalue weighted by Gasteiger charge is -2.33. The van der Waals surface area contributed by atoms with Crippen molar-refractivity contribution in [3.8, 4) is 0 Å². The average Bonchev–Trinajstić information content (AvgIpc) is 3.58. The molecule has 0 radical (unpaired) electrons. The van der Waals surface area contributed by atoms with Crippen molar-refractivity contribution in [1.29, 1.82) is 0 Å². The maximum atomic E-state index is 15.7. The maximum absolute atomic E-state index is 15.7. The first-order valence-corrected chi connectivity index (χ1v) is 12.5. The van der Waals surface area contributed by atoms with Crippen molar-refractivity contribution >= 4 is 22.7 Å². The molecule has 1 amide bonds. The standard InChI is InChI=1S/C27H32FN5O4/c1-16-21-19(23(34)33(29)25(36)32(21)18-10-11-18)14-20(28)22(16)31-13-12-27(15-31,17-8-6-5-7-9-17)30-24(35)37-26(2,3)4/h5-9,14,18H,10-13,15,29H2,1-4H3,(H,30,35). The van der Waals surface area contributed by atoms with Gasteiger partial charge in [-0.25, -0.2) is 14.0 Å². The minimum absolute atomic E-state index is 0.0711. The molecule has 3 N–H and O–H groups in total. The summed E-state index contributed by atoms with van der Waals surface area (Å²) in [5.41, 5.74) is -0.740. The Balaban J connectivity index is 1.61. The van der Waals surface area contributed by atoms with Crippen LogP contribution in [0.3, 0.4) is 0 Å². The van der Waals surface area contributed by atoms with E-state index in [1.165, 1.54) is 10.6 Å². The monoisotopic (exact) mass is 509 g/mol. The number of carbonyl (C=O) groups excluding carboxylic acids is 1. The minimum Gasteiger partial charge on any atom is -0.444 e. The third-order valence-corrected chi connectivity index (χ3v) is 7.13. The predicted octanol–water partition coefficient (Wildman–Crippen LogP) is 3.29. The van der Waals surface area contributed by atoms with Crippen molar-refractivity contribution in [3.05, 3.63) is 74.2 Å². The molecule has 1 saturated carbocycles. The van der Waals surface area contributed by atoms with Crippen LogP contribution in [0.25, 0.3) is 10.9 Å². The van der Waals surface area contributed by atoms with Crippen LogP contribution in [-0.4, -0.2) is 34.0 Å². The summed E-state index contributed by atoms with van der Waals surface area (Å²) in [5, 5.41) is 3.13. The van der Waals surface area contributed by atoms with Gasteiger partial charge in [0.15, 0.2) is 0 Å². The number of benzene rings is 2. The molecule has 3 aromatic rings. The highest BCUT2D eigenvalue weighted by Crippen LogP contribution is 2.41. The Morgan fingerprint density at radius 3 is 2.49 bits per heavy atom. The topological polar surface area (TPSA) is 112 Å². The number of ether oxygens (including phenoxy) is 1. The first-order valence-electron chi connectivity index (χ1n) is 12.5. The van der Waals surface area contributed by atoms with E-state index in [0.717, 1.165) is 18.4 Å². The van der Waals surface area contributed by atoms with Crippen LogP contribution in [0.2, 0.25) is 0 Å². The molecule has 9 nitrogen and oxygen atoms in total. The number of alkyl carbamates (subject to hydrolysis) is 1. The molecule has 0 spiro atoms. The number of amides is 1. The third-order valence-electron chi connectivity index (χ3n) is 7.13. The Labute approximate surface area is 213 Å². The Hall–Kier alpha value is -3.82. The number of nitrogens with zero attached hydrogens (tertiary/aromatic N) is 3. The average molecular weight is 510 g/mol. The van der Waals surface area contributed by atoms with Crippen LogP contribution in [0.1, 0.15) is 57.2 Å². The molecule has 10 heteroatoms. The summed E-state index contributed by atoms with van der Waals surface area (Å²) < 4.78 is 23.3. The molecule has 1 aliphatic carbocycles. The fraction of sp³-hybridized carbons (Fsp3) is 0.444. The highest BCUT2D eigenvalue weighted by molar-refractivity contribution is 5.87. The van der Waals surface area contributed by atoms with Crippen LogP contribution < -0.4 is 27.3 Å². The number of halogens is 1. The van der Waals surface area contributed by atoms with Gasteiger partial charge < -0.3 is 20.8 Å². The van der Waals surface area contributed by atoms with E-state index in [1.807, 2.05) is 35.2 Å². The van der Waals surface area contributed by atoms with Gasteiger partial charge in [0, 0.05) is 24.7 Å². The van der Waals surface area contributed by atoms with Crippen LogP contribution in [0.4, 0.5) is 14.9 Å². The molecule has 0 bridgehead atoms. The molecule has 196 valence electrons. The van der Waals surface area contributed by atoms with Crippen LogP contribution in [0.5, 0.6) is 0 Å². The van der Waals surface area contributed by atoms with Gasteiger partial charge in [-0.1, -0.05) is 30.3 Å². The van der Waals surface area contributed by atoms with Gasteiger partial charge in [0.2, 0.25) is 0 Å². The second-order valence-electron chi connectivity index (χ2n) is 11.0. The zero-order valence-corrected chi connectivity index (χ0v) is 21.5. The SMILES string of the molecule is Cc1c(N2CCC(NC(=O)OC(C)(C)C)(c3ccccc3)C2)c(F)cc2c(=O)n(N)c(=O)n(C3CC3)c12. The Morgan fingerprint density at radius 2 is 1.86 bits per heavy atom. The number of anilines is 1. The summed E-state index contributed by atoms with van der Waals surface area (Å²) >= 11 is 0. The van der Waals surface area contributed by atoms with Crippen LogP contribution >= 0.6 is 0 Å². The maximum Gasteiger partial charge on any atom is 0.408 e. The summed E-state index contributed by atoms with van der Waals surface area (Å²) in [4.78, 5) is 40.4. The summed E-state index contributed by atoms with van der Waals surface area (Å²) in [6.07, 6.45) is 1.53. The number of aryl methyl sites for hydroxylation is 1. The number of fused-ring (bicyclic) bond motifs is 1. The Morgan fingerprint density at radius 1 is 1.19 bits per heavy atom. The van der Waals surface area contributed by atoms with Gasteiger partial charge in [0.25, 0.3) is 5.56 Å². The van der Waals surface area contributed by atoms with E-state index in [9.17, 15) is 14.4 Å². The van der Waals surface area contributed by atoms with Crippen molar-refractivity contribution in [2.45, 2.75) is 64.1 Å². The molecule has 2 heterocycles. The summed E-state index contributed by atoms with van der Waals surface area (Å²) in [5.74, 6) is 5.17. The summed E-state index contributed by atoms with van der Waals surface area (Å²) in [6.45, 7) is 7.83. The van der Waals surface area contributed by atoms with Gasteiger partial charge in [0.05, 0.1) is 22.1 Å². The molecule has 2 fully saturated rings. The Kier molecular flexibility index (Phi) is 5.80. The molecule has 1 atom stereocenters. The van der Waals surface area contributed by atoms with Crippen molar-refractivity contribution < 1.29 is 13.9 Å². The second-order valence-corrected chi connectivity index (χ2v) is 11.0. The number of nitrogen functional groups attached to an aromatic ring is 1. The lowest BCUT2D eigenvalue weighted by molar-refractivity contribution is 0.0462. The summed E-state index contributed by atoms with van der Waals surface area (Å²) in [6, 6.07) is 10.6. The van der Waals surface area contributed by atoms with E-state index in [-0.39, 0.29) is 18.0 Å². The van der Waals surface area contributed by atoms with Gasteiger partial charge in [-0.05, 0) is 58.6 Å². The molecule has 2 aromatic carbocycles. The number of hydrogen-bond acceptors (Lipinski definition) is 6. The van der Waals surface area contributed by atoms with E-state index in [1.54, 1.807) is 27.7 Å². The van der Waals surface area contributed by atoms with E-state index in [2.05, 4.69) is 5.32 Å². The van der Waals surface area contributed by atoms with Crippen molar-refractivity contribution in [3.63, 3.8) is 0 Å². The molecular weight excluding hydrogens is 477 g/mol. The smallest absolute Gasteiger partial charge is 0.408 e. The van der Waals surface area contributed by atoms with Gasteiger partial charge in [0.1, 0.15) is 11.4 Å². The highest BCUT2D eigenvalue weighted by atomic mass is 19.1. The minimum atomic E-state index is -0.825. The zero-order valence-electron chi connectivity index (χ0n) is 21.5. The van der Waals surface area contributed by atoms with Crippen LogP contribution in [0, 0.1) is 12.7 Å². The zero-order chi connectivity index (χ0) is 26.7. The van der Waals surface area contributed by atoms with Crippen molar-refractivity contribution in [2.75, 3.05) is 23.8 Å². The first-order chi connectivity index (χ1) is 17.4. The second kappa shape index (κ2) is 8.64. The number of hydrogen-bond donors (Lipinski definition) is 2. The lowest BCUT2D eigenvalue weighted by atomic mass is 9.89. The van der Waals surface area contributed by atoms with Crippen LogP contribution in [-0.2, 0) is 10.3 Å². The largest absolute Gasteiger partial charge is 0.444 e. The van der Waals surface area contributed by atoms with E-state index < -0.39 is 34.3 Å². The van der Waals surface area contributed by atoms with Gasteiger partial charge in [-0.15, -0.1) is 0 Å². The molecule has 1 unspecified atom stereocenters. The molecule has 1 aromatic heterocycles. The number of nitrogens with two attached hydrogens (primary N) is 1. The van der Waals surface area contributed by atoms with Crippen molar-refractivity contribution in [2.24, 2.45) is 0 Å². The normalized spacial score (nSPS) is 19.9. The molecule has 2 aliphatic rings. The molecule has 1 aliphatic heterocycles. The fourth-order valence-corrected chi connectivity index (χ4v) is 5.38. The number of carbonyl (C=O) groups is 1. The van der Waals surface area contributed by atoms with Crippen molar-refractivity contribution in [1.82, 2.24) is 14.6 Å². The molecule has 1 saturated heterocycles. The number of rotatable bonds is 4. The van der Waals surface area contributed by atoms with Crippen LogP contribution in [0.15, 0.2) is 46.0 Å². The Bertz CT molecular complexity index is 1500. The van der Waals surface area contributed by atoms with E-state index in [0.29, 0.717) is 34.4 Å². The quantitative estimate of drug-likeness (QED) is 0.522. The highest BCUT2D eigenvalue weighted by Gasteiger charge is 2.43. The van der Waals surface area contributed by atoms with Gasteiger partial charge >= 0.3 is 11.8 Å². The van der Waals surface area contributed by atoms with E-state index >= 15 is 4.39 Å². The molecular formula is C27H32FN5O4. The van der Waals surface area contributed by atoms with Gasteiger partial charge in [-0.3, -0.25) is 9.36 Å². The first kappa shape index (κ1) is 24.9. The van der Waals surface area contributed by atoms with E-state index in [4.69, 9.17) is 10.6 Å². The fourth-order valence-electron chi connectivity index (χ4n) is 5.38. The number of aromatic nitrogens is 2. The number of nitrogens with one attached hydrogen (secondary N) is 1. The summed E-state index contributed by atoms with van der Waals surface area (Å²) in [7, 11) is 0. The molecule has 37 heavy (non-hydrogen) atoms. The third kappa shape index (κ3) is 4.34. The predicted molar refractivity (Wildman–Crippen MR) is 140 cm³/mol. The van der Waals surface area contributed by atoms with Gasteiger partial charge in [-0.2, -0.15) is 4.68 Å². The lowest BCUT2D eigenvalue weighted by Crippen LogP contribution is -2.49. The molecule has 5 rings (SSSR count).